The molecule has 0 radical (unpaired) electrons. The first-order valence-corrected chi connectivity index (χ1v) is 5.98. The first kappa shape index (κ1) is 11.9. The van der Waals surface area contributed by atoms with Crippen LogP contribution in [-0.2, 0) is 0 Å². The Morgan fingerprint density at radius 1 is 1.35 bits per heavy atom. The first-order chi connectivity index (χ1) is 8.08. The summed E-state index contributed by atoms with van der Waals surface area (Å²) in [4.78, 5) is 6.77. The molecule has 0 spiro atoms. The number of aromatic nitrogens is 1. The number of nitrogens with zero attached hydrogens (tertiary/aromatic N) is 3. The zero-order valence-corrected chi connectivity index (χ0v) is 10.6. The Kier molecular flexibility index (Phi) is 3.30. The van der Waals surface area contributed by atoms with Gasteiger partial charge in [-0.2, -0.15) is 5.26 Å². The number of hydrogen-bond donors (Lipinski definition) is 1. The van der Waals surface area contributed by atoms with Crippen molar-refractivity contribution in [3.63, 3.8) is 0 Å². The standard InChI is InChI=1S/C13H18N4/c1-9-4-12(6-14)5-13(16-9)17-7-10(2)15-11(3)8-17/h4-5,10-11,15H,7-8H2,1-3H3. The van der Waals surface area contributed by atoms with E-state index in [0.717, 1.165) is 24.6 Å². The van der Waals surface area contributed by atoms with Gasteiger partial charge in [0.15, 0.2) is 0 Å². The van der Waals surface area contributed by atoms with Crippen molar-refractivity contribution in [2.24, 2.45) is 0 Å². The number of pyridine rings is 1. The summed E-state index contributed by atoms with van der Waals surface area (Å²) in [5.74, 6) is 0.918. The third kappa shape index (κ3) is 2.75. The minimum absolute atomic E-state index is 0.451. The van der Waals surface area contributed by atoms with E-state index in [2.05, 4.69) is 35.1 Å². The molecule has 2 heterocycles. The summed E-state index contributed by atoms with van der Waals surface area (Å²) in [5, 5.41) is 12.5. The molecular formula is C13H18N4. The second-order valence-electron chi connectivity index (χ2n) is 4.84. The minimum Gasteiger partial charge on any atom is -0.353 e. The molecule has 2 atom stereocenters. The van der Waals surface area contributed by atoms with Crippen LogP contribution in [0.15, 0.2) is 12.1 Å². The van der Waals surface area contributed by atoms with Gasteiger partial charge in [-0.25, -0.2) is 4.98 Å². The van der Waals surface area contributed by atoms with Crippen LogP contribution in [-0.4, -0.2) is 30.2 Å². The van der Waals surface area contributed by atoms with E-state index in [-0.39, 0.29) is 0 Å². The van der Waals surface area contributed by atoms with Gasteiger partial charge in [-0.3, -0.25) is 0 Å². The van der Waals surface area contributed by atoms with Gasteiger partial charge in [-0.05, 0) is 32.9 Å². The van der Waals surface area contributed by atoms with Crippen LogP contribution in [0.2, 0.25) is 0 Å². The monoisotopic (exact) mass is 230 g/mol. The SMILES string of the molecule is Cc1cc(C#N)cc(N2CC(C)NC(C)C2)n1. The molecule has 0 aromatic carbocycles. The van der Waals surface area contributed by atoms with Crippen molar-refractivity contribution >= 4 is 5.82 Å². The average molecular weight is 230 g/mol. The predicted molar refractivity (Wildman–Crippen MR) is 68.0 cm³/mol. The highest BCUT2D eigenvalue weighted by molar-refractivity contribution is 5.47. The van der Waals surface area contributed by atoms with E-state index < -0.39 is 0 Å². The zero-order valence-electron chi connectivity index (χ0n) is 10.6. The Labute approximate surface area is 102 Å². The fourth-order valence-electron chi connectivity index (χ4n) is 2.39. The molecule has 0 amide bonds. The molecule has 1 fully saturated rings. The summed E-state index contributed by atoms with van der Waals surface area (Å²) < 4.78 is 0. The largest absolute Gasteiger partial charge is 0.353 e. The van der Waals surface area contributed by atoms with E-state index in [1.54, 1.807) is 0 Å². The summed E-state index contributed by atoms with van der Waals surface area (Å²) in [6, 6.07) is 6.78. The second kappa shape index (κ2) is 4.72. The molecule has 1 aliphatic heterocycles. The van der Waals surface area contributed by atoms with Crippen molar-refractivity contribution in [1.29, 1.82) is 5.26 Å². The van der Waals surface area contributed by atoms with Crippen LogP contribution in [0.4, 0.5) is 5.82 Å². The summed E-state index contributed by atoms with van der Waals surface area (Å²) >= 11 is 0. The van der Waals surface area contributed by atoms with Gasteiger partial charge in [0.2, 0.25) is 0 Å². The Hall–Kier alpha value is -1.60. The average Bonchev–Trinajstić information content (AvgIpc) is 2.26. The van der Waals surface area contributed by atoms with Gasteiger partial charge in [-0.1, -0.05) is 0 Å². The Balaban J connectivity index is 2.27. The summed E-state index contributed by atoms with van der Waals surface area (Å²) in [5.41, 5.74) is 1.59. The summed E-state index contributed by atoms with van der Waals surface area (Å²) in [6.07, 6.45) is 0. The Morgan fingerprint density at radius 2 is 2.00 bits per heavy atom. The molecule has 0 bridgehead atoms. The van der Waals surface area contributed by atoms with Crippen molar-refractivity contribution in [3.8, 4) is 6.07 Å². The van der Waals surface area contributed by atoms with Crippen LogP contribution in [0.5, 0.6) is 0 Å². The number of anilines is 1. The Morgan fingerprint density at radius 3 is 2.59 bits per heavy atom. The highest BCUT2D eigenvalue weighted by Crippen LogP contribution is 2.17. The lowest BCUT2D eigenvalue weighted by Gasteiger charge is -2.37. The van der Waals surface area contributed by atoms with Crippen molar-refractivity contribution in [2.45, 2.75) is 32.9 Å². The number of aryl methyl sites for hydroxylation is 1. The van der Waals surface area contributed by atoms with E-state index in [1.807, 2.05) is 19.1 Å². The van der Waals surface area contributed by atoms with Crippen LogP contribution >= 0.6 is 0 Å². The third-order valence-corrected chi connectivity index (χ3v) is 2.95. The zero-order chi connectivity index (χ0) is 12.4. The van der Waals surface area contributed by atoms with Gasteiger partial charge >= 0.3 is 0 Å². The summed E-state index contributed by atoms with van der Waals surface area (Å²) in [7, 11) is 0. The molecule has 4 heteroatoms. The molecule has 0 aliphatic carbocycles. The van der Waals surface area contributed by atoms with Gasteiger partial charge in [0, 0.05) is 30.9 Å². The molecule has 0 saturated carbocycles. The molecular weight excluding hydrogens is 212 g/mol. The van der Waals surface area contributed by atoms with Gasteiger partial charge in [0.1, 0.15) is 5.82 Å². The van der Waals surface area contributed by atoms with Crippen LogP contribution in [0.25, 0.3) is 0 Å². The smallest absolute Gasteiger partial charge is 0.130 e. The van der Waals surface area contributed by atoms with Gasteiger partial charge < -0.3 is 10.2 Å². The predicted octanol–water partition coefficient (Wildman–Crippen LogP) is 1.45. The lowest BCUT2D eigenvalue weighted by atomic mass is 10.1. The number of nitriles is 1. The molecule has 1 aromatic heterocycles. The maximum absolute atomic E-state index is 8.98. The van der Waals surface area contributed by atoms with E-state index in [9.17, 15) is 0 Å². The second-order valence-corrected chi connectivity index (χ2v) is 4.84. The maximum atomic E-state index is 8.98. The quantitative estimate of drug-likeness (QED) is 0.793. The van der Waals surface area contributed by atoms with Crippen LogP contribution in [0.3, 0.4) is 0 Å². The fourth-order valence-corrected chi connectivity index (χ4v) is 2.39. The van der Waals surface area contributed by atoms with E-state index in [4.69, 9.17) is 5.26 Å². The number of nitrogens with one attached hydrogen (secondary N) is 1. The molecule has 90 valence electrons. The molecule has 1 aromatic rings. The lowest BCUT2D eigenvalue weighted by Crippen LogP contribution is -2.54. The van der Waals surface area contributed by atoms with Crippen molar-refractivity contribution in [3.05, 3.63) is 23.4 Å². The number of rotatable bonds is 1. The topological polar surface area (TPSA) is 52.0 Å². The molecule has 1 N–H and O–H groups in total. The van der Waals surface area contributed by atoms with Crippen molar-refractivity contribution in [2.75, 3.05) is 18.0 Å². The van der Waals surface area contributed by atoms with E-state index in [0.29, 0.717) is 17.6 Å². The van der Waals surface area contributed by atoms with Gasteiger partial charge in [0.05, 0.1) is 11.6 Å². The Bertz CT molecular complexity index is 439. The third-order valence-electron chi connectivity index (χ3n) is 2.95. The molecule has 4 nitrogen and oxygen atoms in total. The van der Waals surface area contributed by atoms with Crippen molar-refractivity contribution in [1.82, 2.24) is 10.3 Å². The minimum atomic E-state index is 0.451. The van der Waals surface area contributed by atoms with E-state index >= 15 is 0 Å². The maximum Gasteiger partial charge on any atom is 0.130 e. The van der Waals surface area contributed by atoms with Crippen LogP contribution < -0.4 is 10.2 Å². The summed E-state index contributed by atoms with van der Waals surface area (Å²) in [6.45, 7) is 8.14. The fraction of sp³-hybridized carbons (Fsp3) is 0.538. The first-order valence-electron chi connectivity index (χ1n) is 5.98. The van der Waals surface area contributed by atoms with Crippen molar-refractivity contribution < 1.29 is 0 Å². The van der Waals surface area contributed by atoms with Gasteiger partial charge in [-0.15, -0.1) is 0 Å². The molecule has 1 aliphatic rings. The van der Waals surface area contributed by atoms with Crippen LogP contribution in [0.1, 0.15) is 25.1 Å². The molecule has 1 saturated heterocycles. The van der Waals surface area contributed by atoms with E-state index in [1.165, 1.54) is 0 Å². The molecule has 2 unspecified atom stereocenters. The lowest BCUT2D eigenvalue weighted by molar-refractivity contribution is 0.405. The number of piperazine rings is 1. The van der Waals surface area contributed by atoms with Crippen LogP contribution in [0, 0.1) is 18.3 Å². The number of hydrogen-bond acceptors (Lipinski definition) is 4. The molecule has 2 rings (SSSR count). The highest BCUT2D eigenvalue weighted by atomic mass is 15.3. The normalized spacial score (nSPS) is 24.5. The highest BCUT2D eigenvalue weighted by Gasteiger charge is 2.22. The van der Waals surface area contributed by atoms with Gasteiger partial charge in [0.25, 0.3) is 0 Å². The molecule has 17 heavy (non-hydrogen) atoms.